The standard InChI is InChI=1S/C29H38O10/c1-15-11-20(31)35-14-28-10-9-26(3,33)17-13-29(34)25(39-23(17)28)22(32)24(27(28,29)4)38-19(30)8-6-5-7-18-16(2)36-21(12-15)37-18/h5-8,11,16-18,21-25,32-34H,9-10,12-14H2,1-4H3/b7-5+,8-6+,15-11+/t16-,17-,18-,21-,22+,23-,24+,25+,26-,27-,28?,29?/m1/s1. The zero-order valence-electron chi connectivity index (χ0n) is 22.7. The minimum Gasteiger partial charge on any atom is -0.462 e. The molecule has 3 saturated heterocycles. The van der Waals surface area contributed by atoms with Gasteiger partial charge in [0.25, 0.3) is 0 Å². The molecule has 7 aliphatic rings. The Balaban J connectivity index is 1.41. The highest BCUT2D eigenvalue weighted by atomic mass is 16.7. The lowest BCUT2D eigenvalue weighted by Crippen LogP contribution is -2.80. The molecule has 2 unspecified atom stereocenters. The number of esters is 2. The molecular weight excluding hydrogens is 508 g/mol. The van der Waals surface area contributed by atoms with Crippen LogP contribution in [0.2, 0.25) is 0 Å². The quantitative estimate of drug-likeness (QED) is 0.383. The fourth-order valence-electron chi connectivity index (χ4n) is 8.34. The van der Waals surface area contributed by atoms with Gasteiger partial charge in [-0.05, 0) is 40.0 Å². The highest BCUT2D eigenvalue weighted by Crippen LogP contribution is 2.74. The number of carbonyl (C=O) groups excluding carboxylic acids is 2. The van der Waals surface area contributed by atoms with Crippen molar-refractivity contribution in [2.24, 2.45) is 16.7 Å². The zero-order valence-corrected chi connectivity index (χ0v) is 22.7. The van der Waals surface area contributed by atoms with Gasteiger partial charge >= 0.3 is 11.9 Å². The van der Waals surface area contributed by atoms with E-state index in [0.29, 0.717) is 19.3 Å². The van der Waals surface area contributed by atoms with Gasteiger partial charge in [-0.1, -0.05) is 30.7 Å². The van der Waals surface area contributed by atoms with Crippen LogP contribution in [0.4, 0.5) is 0 Å². The molecule has 0 aromatic carbocycles. The van der Waals surface area contributed by atoms with Crippen LogP contribution in [0.25, 0.3) is 0 Å². The van der Waals surface area contributed by atoms with E-state index in [1.54, 1.807) is 39.0 Å². The molecule has 0 radical (unpaired) electrons. The van der Waals surface area contributed by atoms with E-state index < -0.39 is 70.6 Å². The van der Waals surface area contributed by atoms with Crippen LogP contribution in [0.1, 0.15) is 53.4 Å². The Labute approximate surface area is 227 Å². The number of carbonyl (C=O) groups is 2. The van der Waals surface area contributed by atoms with E-state index >= 15 is 0 Å². The number of hydrogen-bond donors (Lipinski definition) is 3. The molecular formula is C29H38O10. The van der Waals surface area contributed by atoms with Crippen LogP contribution in [0.3, 0.4) is 0 Å². The van der Waals surface area contributed by atoms with E-state index in [1.807, 2.05) is 6.92 Å². The minimum atomic E-state index is -1.62. The van der Waals surface area contributed by atoms with Gasteiger partial charge in [-0.15, -0.1) is 0 Å². The molecule has 6 fully saturated rings. The van der Waals surface area contributed by atoms with Crippen LogP contribution in [0, 0.1) is 16.7 Å². The summed E-state index contributed by atoms with van der Waals surface area (Å²) in [4.78, 5) is 26.0. The Morgan fingerprint density at radius 3 is 2.51 bits per heavy atom. The Morgan fingerprint density at radius 1 is 0.974 bits per heavy atom. The maximum absolute atomic E-state index is 13.0. The first kappa shape index (κ1) is 27.1. The van der Waals surface area contributed by atoms with Gasteiger partial charge in [0.2, 0.25) is 0 Å². The van der Waals surface area contributed by atoms with Crippen LogP contribution in [0.15, 0.2) is 36.0 Å². The maximum Gasteiger partial charge on any atom is 0.331 e. The first-order valence-electron chi connectivity index (χ1n) is 13.8. The number of allylic oxidation sites excluding steroid dienone is 2. The highest BCUT2D eigenvalue weighted by Gasteiger charge is 2.86. The molecule has 1 spiro atoms. The van der Waals surface area contributed by atoms with Crippen molar-refractivity contribution in [3.05, 3.63) is 36.0 Å². The van der Waals surface area contributed by atoms with Crippen molar-refractivity contribution in [2.75, 3.05) is 6.61 Å². The Morgan fingerprint density at radius 2 is 1.74 bits per heavy atom. The molecule has 7 rings (SSSR count). The number of hydrogen-bond acceptors (Lipinski definition) is 10. The maximum atomic E-state index is 13.0. The Hall–Kier alpha value is -2.08. The molecule has 8 bridgehead atoms. The smallest absolute Gasteiger partial charge is 0.331 e. The molecule has 3 aliphatic carbocycles. The molecule has 4 heterocycles. The summed E-state index contributed by atoms with van der Waals surface area (Å²) < 4.78 is 29.9. The van der Waals surface area contributed by atoms with Gasteiger partial charge in [-0.3, -0.25) is 0 Å². The van der Waals surface area contributed by atoms with Gasteiger partial charge in [-0.25, -0.2) is 9.59 Å². The van der Waals surface area contributed by atoms with E-state index in [4.69, 9.17) is 23.7 Å². The minimum absolute atomic E-state index is 0.132. The third-order valence-corrected chi connectivity index (χ3v) is 10.6. The lowest BCUT2D eigenvalue weighted by atomic mass is 9.40. The summed E-state index contributed by atoms with van der Waals surface area (Å²) in [5, 5.41) is 34.8. The van der Waals surface area contributed by atoms with E-state index in [2.05, 4.69) is 0 Å². The Bertz CT molecular complexity index is 1140. The monoisotopic (exact) mass is 546 g/mol. The van der Waals surface area contributed by atoms with E-state index in [1.165, 1.54) is 12.2 Å². The molecule has 39 heavy (non-hydrogen) atoms. The summed E-state index contributed by atoms with van der Waals surface area (Å²) in [5.74, 6) is -1.70. The largest absolute Gasteiger partial charge is 0.462 e. The topological polar surface area (TPSA) is 141 Å². The Kier molecular flexibility index (Phi) is 6.23. The molecule has 10 nitrogen and oxygen atoms in total. The normalized spacial score (nSPS) is 56.0. The third-order valence-electron chi connectivity index (χ3n) is 10.6. The second-order valence-electron chi connectivity index (χ2n) is 12.7. The molecule has 0 aromatic rings. The third kappa shape index (κ3) is 3.75. The van der Waals surface area contributed by atoms with Crippen molar-refractivity contribution in [3.8, 4) is 0 Å². The van der Waals surface area contributed by atoms with Gasteiger partial charge in [0, 0.05) is 29.9 Å². The summed E-state index contributed by atoms with van der Waals surface area (Å²) in [6.45, 7) is 7.08. The van der Waals surface area contributed by atoms with Crippen LogP contribution < -0.4 is 0 Å². The fraction of sp³-hybridized carbons (Fsp3) is 0.724. The predicted octanol–water partition coefficient (Wildman–Crippen LogP) is 1.46. The predicted molar refractivity (Wildman–Crippen MR) is 135 cm³/mol. The number of cyclic esters (lactones) is 1. The van der Waals surface area contributed by atoms with E-state index in [9.17, 15) is 24.9 Å². The van der Waals surface area contributed by atoms with Gasteiger partial charge in [0.1, 0.15) is 36.6 Å². The summed E-state index contributed by atoms with van der Waals surface area (Å²) in [7, 11) is 0. The summed E-state index contributed by atoms with van der Waals surface area (Å²) in [5.41, 5.74) is -4.23. The van der Waals surface area contributed by atoms with Crippen molar-refractivity contribution in [3.63, 3.8) is 0 Å². The van der Waals surface area contributed by atoms with Crippen molar-refractivity contribution in [1.29, 1.82) is 0 Å². The molecule has 12 atom stereocenters. The van der Waals surface area contributed by atoms with Gasteiger partial charge < -0.3 is 39.0 Å². The molecule has 0 aromatic heterocycles. The average Bonchev–Trinajstić information content (AvgIpc) is 3.25. The van der Waals surface area contributed by atoms with Gasteiger partial charge in [0.05, 0.1) is 23.2 Å². The molecule has 4 aliphatic heterocycles. The van der Waals surface area contributed by atoms with Gasteiger partial charge in [-0.2, -0.15) is 0 Å². The number of aliphatic hydroxyl groups is 3. The second-order valence-corrected chi connectivity index (χ2v) is 12.7. The van der Waals surface area contributed by atoms with Crippen molar-refractivity contribution in [1.82, 2.24) is 0 Å². The van der Waals surface area contributed by atoms with Gasteiger partial charge in [0.15, 0.2) is 6.29 Å². The van der Waals surface area contributed by atoms with Crippen molar-refractivity contribution in [2.45, 2.75) is 107 Å². The number of ether oxygens (including phenoxy) is 5. The van der Waals surface area contributed by atoms with Crippen molar-refractivity contribution >= 4 is 11.9 Å². The van der Waals surface area contributed by atoms with E-state index in [-0.39, 0.29) is 25.2 Å². The fourth-order valence-corrected chi connectivity index (χ4v) is 8.34. The van der Waals surface area contributed by atoms with Crippen LogP contribution >= 0.6 is 0 Å². The molecule has 3 N–H and O–H groups in total. The zero-order chi connectivity index (χ0) is 28.0. The summed E-state index contributed by atoms with van der Waals surface area (Å²) in [6, 6.07) is 0. The molecule has 0 amide bonds. The summed E-state index contributed by atoms with van der Waals surface area (Å²) >= 11 is 0. The molecule has 214 valence electrons. The van der Waals surface area contributed by atoms with Crippen LogP contribution in [-0.2, 0) is 33.3 Å². The number of aliphatic hydroxyl groups excluding tert-OH is 1. The first-order chi connectivity index (χ1) is 18.3. The lowest BCUT2D eigenvalue weighted by molar-refractivity contribution is -0.378. The highest BCUT2D eigenvalue weighted by molar-refractivity contribution is 5.83. The van der Waals surface area contributed by atoms with E-state index in [0.717, 1.165) is 5.57 Å². The molecule has 3 saturated carbocycles. The van der Waals surface area contributed by atoms with Crippen LogP contribution in [0.5, 0.6) is 0 Å². The van der Waals surface area contributed by atoms with Crippen molar-refractivity contribution < 1.29 is 48.6 Å². The average molecular weight is 547 g/mol. The second kappa shape index (κ2) is 8.96. The van der Waals surface area contributed by atoms with Crippen LogP contribution in [-0.4, -0.2) is 88.0 Å². The number of fused-ring (bicyclic) bond motifs is 2. The lowest BCUT2D eigenvalue weighted by Gasteiger charge is -2.71. The first-order valence-corrected chi connectivity index (χ1v) is 13.8. The number of rotatable bonds is 0. The summed E-state index contributed by atoms with van der Waals surface area (Å²) in [6.07, 6.45) is 3.79. The SMILES string of the molecule is C/C1=C\C(=O)OCC23CC[C@@](C)(O)[C@@H]4CC5(O)[C@@H](O[C@H]42)[C@@H](O)[C@H](OC(=O)/C=C/C=C/[C@H]2O[C@H](C1)O[C@@H]2C)[C@@]53C. The molecule has 10 heteroatoms.